The van der Waals surface area contributed by atoms with Crippen molar-refractivity contribution in [2.24, 2.45) is 0 Å². The van der Waals surface area contributed by atoms with Gasteiger partial charge >= 0.3 is 0 Å². The van der Waals surface area contributed by atoms with Crippen molar-refractivity contribution in [3.8, 4) is 0 Å². The molecule has 1 heterocycles. The Bertz CT molecular complexity index is 406. The number of nitrogens with two attached hydrogens (primary N) is 1. The van der Waals surface area contributed by atoms with Gasteiger partial charge in [0.05, 0.1) is 23.2 Å². The molecule has 2 rings (SSSR count). The summed E-state index contributed by atoms with van der Waals surface area (Å²) in [4.78, 5) is 11.7. The number of rotatable bonds is 5. The molecule has 1 aliphatic heterocycles. The van der Waals surface area contributed by atoms with Crippen molar-refractivity contribution in [1.82, 2.24) is 0 Å². The van der Waals surface area contributed by atoms with Crippen LogP contribution < -0.4 is 11.1 Å². The number of anilines is 2. The largest absolute Gasteiger partial charge is 0.397 e. The van der Waals surface area contributed by atoms with E-state index in [1.807, 2.05) is 12.1 Å². The van der Waals surface area contributed by atoms with E-state index in [1.54, 1.807) is 23.9 Å². The highest BCUT2D eigenvalue weighted by molar-refractivity contribution is 8.00. The molecule has 0 aliphatic carbocycles. The molecule has 0 aromatic heterocycles. The monoisotopic (exact) mass is 266 g/mol. The number of hydrogen-bond donors (Lipinski definition) is 2. The Hall–Kier alpha value is -1.20. The number of hydrogen-bond acceptors (Lipinski definition) is 4. The number of carbonyl (C=O) groups excluding carboxylic acids is 1. The molecule has 98 valence electrons. The first kappa shape index (κ1) is 13.2. The second-order valence-corrected chi connectivity index (χ2v) is 5.32. The quantitative estimate of drug-likeness (QED) is 0.801. The van der Waals surface area contributed by atoms with Crippen LogP contribution in [0, 0.1) is 0 Å². The maximum Gasteiger partial charge on any atom is 0.234 e. The number of amides is 1. The minimum absolute atomic E-state index is 0.0177. The van der Waals surface area contributed by atoms with Gasteiger partial charge in [-0.25, -0.2) is 0 Å². The second kappa shape index (κ2) is 6.66. The maximum atomic E-state index is 11.7. The highest BCUT2D eigenvalue weighted by Gasteiger charge is 2.15. The third-order valence-corrected chi connectivity index (χ3v) is 3.87. The van der Waals surface area contributed by atoms with Crippen LogP contribution in [0.15, 0.2) is 24.3 Å². The molecule has 0 bridgehead atoms. The SMILES string of the molecule is Nc1ccccc1NC(=O)CSCC1CCCO1. The summed E-state index contributed by atoms with van der Waals surface area (Å²) < 4.78 is 5.50. The van der Waals surface area contributed by atoms with E-state index >= 15 is 0 Å². The van der Waals surface area contributed by atoms with E-state index in [0.29, 0.717) is 23.2 Å². The summed E-state index contributed by atoms with van der Waals surface area (Å²) in [7, 11) is 0. The minimum atomic E-state index is -0.0177. The molecule has 1 aromatic rings. The Morgan fingerprint density at radius 2 is 2.33 bits per heavy atom. The first-order valence-electron chi connectivity index (χ1n) is 6.09. The number of para-hydroxylation sites is 2. The highest BCUT2D eigenvalue weighted by Crippen LogP contribution is 2.19. The molecular formula is C13H18N2O2S. The summed E-state index contributed by atoms with van der Waals surface area (Å²) in [5, 5.41) is 2.81. The highest BCUT2D eigenvalue weighted by atomic mass is 32.2. The molecule has 0 spiro atoms. The summed E-state index contributed by atoms with van der Waals surface area (Å²) in [6.45, 7) is 0.859. The summed E-state index contributed by atoms with van der Waals surface area (Å²) in [5.74, 6) is 1.31. The molecule has 1 atom stereocenters. The zero-order valence-electron chi connectivity index (χ0n) is 10.2. The third-order valence-electron chi connectivity index (χ3n) is 2.80. The maximum absolute atomic E-state index is 11.7. The van der Waals surface area contributed by atoms with Gasteiger partial charge in [-0.15, -0.1) is 11.8 Å². The van der Waals surface area contributed by atoms with Gasteiger partial charge < -0.3 is 15.8 Å². The van der Waals surface area contributed by atoms with Crippen molar-refractivity contribution in [3.63, 3.8) is 0 Å². The fourth-order valence-corrected chi connectivity index (χ4v) is 2.76. The average Bonchev–Trinajstić information content (AvgIpc) is 2.85. The van der Waals surface area contributed by atoms with E-state index in [4.69, 9.17) is 10.5 Å². The topological polar surface area (TPSA) is 64.3 Å². The molecule has 4 nitrogen and oxygen atoms in total. The van der Waals surface area contributed by atoms with Gasteiger partial charge in [0.15, 0.2) is 0 Å². The van der Waals surface area contributed by atoms with E-state index in [9.17, 15) is 4.79 Å². The molecule has 3 N–H and O–H groups in total. The van der Waals surface area contributed by atoms with Gasteiger partial charge in [-0.05, 0) is 25.0 Å². The molecule has 1 amide bonds. The van der Waals surface area contributed by atoms with Crippen molar-refractivity contribution < 1.29 is 9.53 Å². The molecule has 5 heteroatoms. The fraction of sp³-hybridized carbons (Fsp3) is 0.462. The summed E-state index contributed by atoms with van der Waals surface area (Å²) in [5.41, 5.74) is 7.03. The van der Waals surface area contributed by atoms with Gasteiger partial charge in [0.2, 0.25) is 5.91 Å². The minimum Gasteiger partial charge on any atom is -0.397 e. The van der Waals surface area contributed by atoms with Gasteiger partial charge in [0.25, 0.3) is 0 Å². The summed E-state index contributed by atoms with van der Waals surface area (Å²) in [6.07, 6.45) is 2.57. The van der Waals surface area contributed by atoms with Gasteiger partial charge in [-0.3, -0.25) is 4.79 Å². The van der Waals surface area contributed by atoms with Crippen LogP contribution in [0.3, 0.4) is 0 Å². The van der Waals surface area contributed by atoms with Crippen LogP contribution in [0.2, 0.25) is 0 Å². The fourth-order valence-electron chi connectivity index (χ4n) is 1.86. The van der Waals surface area contributed by atoms with Crippen molar-refractivity contribution in [3.05, 3.63) is 24.3 Å². The number of thioether (sulfide) groups is 1. The Morgan fingerprint density at radius 1 is 1.50 bits per heavy atom. The number of carbonyl (C=O) groups is 1. The molecule has 18 heavy (non-hydrogen) atoms. The van der Waals surface area contributed by atoms with Crippen LogP contribution in [-0.4, -0.2) is 30.1 Å². The molecular weight excluding hydrogens is 248 g/mol. The van der Waals surface area contributed by atoms with Gasteiger partial charge in [-0.1, -0.05) is 12.1 Å². The van der Waals surface area contributed by atoms with Crippen LogP contribution in [0.25, 0.3) is 0 Å². The smallest absolute Gasteiger partial charge is 0.234 e. The third kappa shape index (κ3) is 3.92. The predicted molar refractivity (Wildman–Crippen MR) is 75.8 cm³/mol. The van der Waals surface area contributed by atoms with E-state index in [2.05, 4.69) is 5.32 Å². The van der Waals surface area contributed by atoms with E-state index in [-0.39, 0.29) is 5.91 Å². The molecule has 1 aromatic carbocycles. The summed E-state index contributed by atoms with van der Waals surface area (Å²) >= 11 is 1.61. The van der Waals surface area contributed by atoms with Crippen molar-refractivity contribution in [2.45, 2.75) is 18.9 Å². The molecule has 1 aliphatic rings. The number of nitrogen functional groups attached to an aromatic ring is 1. The van der Waals surface area contributed by atoms with Gasteiger partial charge in [0, 0.05) is 12.4 Å². The Morgan fingerprint density at radius 3 is 3.06 bits per heavy atom. The number of benzene rings is 1. The molecule has 0 radical (unpaired) electrons. The molecule has 1 saturated heterocycles. The van der Waals surface area contributed by atoms with Crippen LogP contribution in [0.4, 0.5) is 11.4 Å². The standard InChI is InChI=1S/C13H18N2O2S/c14-11-5-1-2-6-12(11)15-13(16)9-18-8-10-4-3-7-17-10/h1-2,5-6,10H,3-4,7-9,14H2,(H,15,16). The lowest BCUT2D eigenvalue weighted by atomic mass is 10.3. The average molecular weight is 266 g/mol. The second-order valence-electron chi connectivity index (χ2n) is 4.29. The van der Waals surface area contributed by atoms with Gasteiger partial charge in [-0.2, -0.15) is 0 Å². The number of ether oxygens (including phenoxy) is 1. The van der Waals surface area contributed by atoms with E-state index in [0.717, 1.165) is 25.2 Å². The lowest BCUT2D eigenvalue weighted by Gasteiger charge is -2.10. The lowest BCUT2D eigenvalue weighted by Crippen LogP contribution is -2.17. The van der Waals surface area contributed by atoms with Crippen molar-refractivity contribution >= 4 is 29.0 Å². The van der Waals surface area contributed by atoms with Crippen molar-refractivity contribution in [1.29, 1.82) is 0 Å². The predicted octanol–water partition coefficient (Wildman–Crippen LogP) is 2.12. The Kier molecular flexibility index (Phi) is 4.90. The zero-order chi connectivity index (χ0) is 12.8. The van der Waals surface area contributed by atoms with Crippen LogP contribution >= 0.6 is 11.8 Å². The molecule has 1 fully saturated rings. The van der Waals surface area contributed by atoms with Crippen LogP contribution in [0.1, 0.15) is 12.8 Å². The normalized spacial score (nSPS) is 18.8. The summed E-state index contributed by atoms with van der Waals surface area (Å²) in [6, 6.07) is 7.27. The van der Waals surface area contributed by atoms with Crippen LogP contribution in [0.5, 0.6) is 0 Å². The van der Waals surface area contributed by atoms with E-state index in [1.165, 1.54) is 0 Å². The van der Waals surface area contributed by atoms with Crippen LogP contribution in [-0.2, 0) is 9.53 Å². The number of nitrogens with one attached hydrogen (secondary N) is 1. The first-order chi connectivity index (χ1) is 8.75. The molecule has 0 saturated carbocycles. The molecule has 1 unspecified atom stereocenters. The first-order valence-corrected chi connectivity index (χ1v) is 7.25. The Balaban J connectivity index is 1.70. The zero-order valence-corrected chi connectivity index (χ0v) is 11.0. The van der Waals surface area contributed by atoms with Gasteiger partial charge in [0.1, 0.15) is 0 Å². The van der Waals surface area contributed by atoms with Crippen molar-refractivity contribution in [2.75, 3.05) is 29.2 Å². The van der Waals surface area contributed by atoms with E-state index < -0.39 is 0 Å². The lowest BCUT2D eigenvalue weighted by molar-refractivity contribution is -0.113. The Labute approximate surface area is 111 Å².